The van der Waals surface area contributed by atoms with E-state index >= 15 is 0 Å². The van der Waals surface area contributed by atoms with Gasteiger partial charge in [0, 0.05) is 51.4 Å². The van der Waals surface area contributed by atoms with E-state index in [0.29, 0.717) is 26.1 Å². The van der Waals surface area contributed by atoms with Crippen molar-refractivity contribution in [1.29, 1.82) is 0 Å². The van der Waals surface area contributed by atoms with Crippen LogP contribution in [0.1, 0.15) is 38.7 Å². The number of amides is 2. The van der Waals surface area contributed by atoms with Crippen molar-refractivity contribution >= 4 is 17.6 Å². The maximum Gasteiger partial charge on any atom is 0.237 e. The molecular weight excluding hydrogens is 342 g/mol. The summed E-state index contributed by atoms with van der Waals surface area (Å²) >= 11 is 0. The number of likely N-dealkylation sites (N-methyl/N-ethyl adjacent to an activating group) is 1. The second kappa shape index (κ2) is 7.84. The number of pyridine rings is 1. The van der Waals surface area contributed by atoms with Crippen LogP contribution in [0.5, 0.6) is 0 Å². The number of hydrogen-bond donors (Lipinski definition) is 2. The Bertz CT molecular complexity index is 684. The van der Waals surface area contributed by atoms with Gasteiger partial charge in [0.1, 0.15) is 5.82 Å². The molecule has 27 heavy (non-hydrogen) atoms. The first kappa shape index (κ1) is 19.6. The molecule has 0 radical (unpaired) electrons. The van der Waals surface area contributed by atoms with Gasteiger partial charge in [-0.05, 0) is 37.8 Å². The van der Waals surface area contributed by atoms with Gasteiger partial charge in [-0.3, -0.25) is 14.5 Å². The highest BCUT2D eigenvalue weighted by Gasteiger charge is 2.46. The number of carbonyl (C=O) groups is 2. The van der Waals surface area contributed by atoms with Gasteiger partial charge in [-0.25, -0.2) is 4.98 Å². The topological polar surface area (TPSA) is 77.6 Å². The molecular formula is C20H31N5O2. The van der Waals surface area contributed by atoms with Crippen LogP contribution in [0, 0.1) is 5.41 Å². The summed E-state index contributed by atoms with van der Waals surface area (Å²) < 4.78 is 0. The molecule has 7 heteroatoms. The van der Waals surface area contributed by atoms with Crippen molar-refractivity contribution in [2.75, 3.05) is 32.1 Å². The van der Waals surface area contributed by atoms with Crippen LogP contribution in [0.3, 0.4) is 0 Å². The maximum atomic E-state index is 12.5. The number of aromatic nitrogens is 1. The van der Waals surface area contributed by atoms with Gasteiger partial charge in [0.05, 0.1) is 6.04 Å². The first-order chi connectivity index (χ1) is 12.8. The van der Waals surface area contributed by atoms with Gasteiger partial charge in [0.15, 0.2) is 0 Å². The predicted molar refractivity (Wildman–Crippen MR) is 105 cm³/mol. The fourth-order valence-corrected chi connectivity index (χ4v) is 3.53. The molecule has 1 aromatic heterocycles. The molecule has 2 heterocycles. The summed E-state index contributed by atoms with van der Waals surface area (Å²) in [7, 11) is 3.92. The first-order valence-electron chi connectivity index (χ1n) is 9.77. The monoisotopic (exact) mass is 373 g/mol. The van der Waals surface area contributed by atoms with Crippen LogP contribution >= 0.6 is 0 Å². The number of anilines is 1. The third-order valence-corrected chi connectivity index (χ3v) is 5.59. The standard InChI is InChI=1S/C20H31N5O2/c1-5-21-18(26)16-10-15(23-19(27)20(2)8-9-20)13-25(16)12-14-6-7-17(22-11-14)24(3)4/h6-7,11,15-16H,5,8-10,12-13H2,1-4H3,(H,21,26)(H,23,27)/t15-,16-/m0/s1. The van der Waals surface area contributed by atoms with Crippen molar-refractivity contribution in [3.63, 3.8) is 0 Å². The van der Waals surface area contributed by atoms with Gasteiger partial charge < -0.3 is 15.5 Å². The summed E-state index contributed by atoms with van der Waals surface area (Å²) in [5.41, 5.74) is 0.872. The normalized spacial score (nSPS) is 23.7. The van der Waals surface area contributed by atoms with Gasteiger partial charge in [-0.2, -0.15) is 0 Å². The predicted octanol–water partition coefficient (Wildman–Crippen LogP) is 1.14. The van der Waals surface area contributed by atoms with E-state index < -0.39 is 0 Å². The lowest BCUT2D eigenvalue weighted by atomic mass is 10.1. The van der Waals surface area contributed by atoms with Crippen molar-refractivity contribution in [1.82, 2.24) is 20.5 Å². The summed E-state index contributed by atoms with van der Waals surface area (Å²) in [4.78, 5) is 33.5. The Labute approximate surface area is 161 Å². The fourth-order valence-electron chi connectivity index (χ4n) is 3.53. The molecule has 0 bridgehead atoms. The van der Waals surface area contributed by atoms with E-state index in [-0.39, 0.29) is 29.3 Å². The minimum Gasteiger partial charge on any atom is -0.363 e. The number of hydrogen-bond acceptors (Lipinski definition) is 5. The molecule has 1 aliphatic heterocycles. The van der Waals surface area contributed by atoms with E-state index in [1.807, 2.05) is 51.2 Å². The lowest BCUT2D eigenvalue weighted by Crippen LogP contribution is -2.42. The third kappa shape index (κ3) is 4.58. The van der Waals surface area contributed by atoms with E-state index in [1.165, 1.54) is 0 Å². The zero-order valence-corrected chi connectivity index (χ0v) is 16.8. The number of rotatable bonds is 7. The molecule has 1 aliphatic carbocycles. The van der Waals surface area contributed by atoms with E-state index in [4.69, 9.17) is 0 Å². The molecule has 7 nitrogen and oxygen atoms in total. The Morgan fingerprint density at radius 3 is 2.63 bits per heavy atom. The van der Waals surface area contributed by atoms with Gasteiger partial charge in [0.2, 0.25) is 11.8 Å². The van der Waals surface area contributed by atoms with E-state index in [0.717, 1.165) is 24.2 Å². The smallest absolute Gasteiger partial charge is 0.237 e. The summed E-state index contributed by atoms with van der Waals surface area (Å²) in [6, 6.07) is 3.82. The maximum absolute atomic E-state index is 12.5. The molecule has 2 aliphatic rings. The molecule has 0 spiro atoms. The van der Waals surface area contributed by atoms with Gasteiger partial charge in [-0.15, -0.1) is 0 Å². The van der Waals surface area contributed by atoms with E-state index in [1.54, 1.807) is 0 Å². The van der Waals surface area contributed by atoms with Crippen molar-refractivity contribution < 1.29 is 9.59 Å². The van der Waals surface area contributed by atoms with Crippen LogP contribution in [0.15, 0.2) is 18.3 Å². The Balaban J connectivity index is 1.67. The zero-order valence-electron chi connectivity index (χ0n) is 16.8. The van der Waals surface area contributed by atoms with Crippen molar-refractivity contribution in [2.24, 2.45) is 5.41 Å². The summed E-state index contributed by atoms with van der Waals surface area (Å²) in [5, 5.41) is 6.09. The second-order valence-corrected chi connectivity index (χ2v) is 8.23. The molecule has 1 saturated carbocycles. The highest BCUT2D eigenvalue weighted by Crippen LogP contribution is 2.45. The van der Waals surface area contributed by atoms with Crippen LogP contribution in [-0.4, -0.2) is 61.0 Å². The lowest BCUT2D eigenvalue weighted by molar-refractivity contribution is -0.127. The second-order valence-electron chi connectivity index (χ2n) is 8.23. The Kier molecular flexibility index (Phi) is 5.69. The van der Waals surface area contributed by atoms with Crippen LogP contribution in [0.2, 0.25) is 0 Å². The van der Waals surface area contributed by atoms with E-state index in [9.17, 15) is 9.59 Å². The van der Waals surface area contributed by atoms with Gasteiger partial charge in [-0.1, -0.05) is 13.0 Å². The molecule has 0 unspecified atom stereocenters. The number of likely N-dealkylation sites (tertiary alicyclic amines) is 1. The van der Waals surface area contributed by atoms with Gasteiger partial charge >= 0.3 is 0 Å². The van der Waals surface area contributed by atoms with E-state index in [2.05, 4.69) is 20.5 Å². The molecule has 2 N–H and O–H groups in total. The van der Waals surface area contributed by atoms with Crippen molar-refractivity contribution in [2.45, 2.75) is 51.7 Å². The third-order valence-electron chi connectivity index (χ3n) is 5.59. The molecule has 3 rings (SSSR count). The Morgan fingerprint density at radius 1 is 1.33 bits per heavy atom. The molecule has 148 valence electrons. The fraction of sp³-hybridized carbons (Fsp3) is 0.650. The molecule has 1 aromatic rings. The van der Waals surface area contributed by atoms with Crippen molar-refractivity contribution in [3.8, 4) is 0 Å². The van der Waals surface area contributed by atoms with Crippen molar-refractivity contribution in [3.05, 3.63) is 23.9 Å². The summed E-state index contributed by atoms with van der Waals surface area (Å²) in [6.07, 6.45) is 4.43. The van der Waals surface area contributed by atoms with Gasteiger partial charge in [0.25, 0.3) is 0 Å². The molecule has 2 atom stereocenters. The number of carbonyl (C=O) groups excluding carboxylic acids is 2. The van der Waals surface area contributed by atoms with Crippen LogP contribution in [0.4, 0.5) is 5.82 Å². The number of nitrogens with zero attached hydrogens (tertiary/aromatic N) is 3. The zero-order chi connectivity index (χ0) is 19.6. The van der Waals surface area contributed by atoms with Crippen LogP contribution in [0.25, 0.3) is 0 Å². The Hall–Kier alpha value is -2.15. The highest BCUT2D eigenvalue weighted by molar-refractivity contribution is 5.86. The highest BCUT2D eigenvalue weighted by atomic mass is 16.2. The largest absolute Gasteiger partial charge is 0.363 e. The van der Waals surface area contributed by atoms with Crippen LogP contribution < -0.4 is 15.5 Å². The first-order valence-corrected chi connectivity index (χ1v) is 9.77. The molecule has 2 fully saturated rings. The Morgan fingerprint density at radius 2 is 2.07 bits per heavy atom. The molecule has 0 aromatic carbocycles. The quantitative estimate of drug-likeness (QED) is 0.750. The lowest BCUT2D eigenvalue weighted by Gasteiger charge is -2.23. The molecule has 1 saturated heterocycles. The minimum atomic E-state index is -0.226. The summed E-state index contributed by atoms with van der Waals surface area (Å²) in [6.45, 7) is 5.87. The summed E-state index contributed by atoms with van der Waals surface area (Å²) in [5.74, 6) is 1.06. The molecule has 2 amide bonds. The average molecular weight is 374 g/mol. The SMILES string of the molecule is CCNC(=O)[C@@H]1C[C@H](NC(=O)C2(C)CC2)CN1Cc1ccc(N(C)C)nc1. The van der Waals surface area contributed by atoms with Crippen LogP contribution in [-0.2, 0) is 16.1 Å². The minimum absolute atomic E-state index is 0.0107. The number of nitrogens with one attached hydrogen (secondary N) is 2. The average Bonchev–Trinajstić information content (AvgIpc) is 3.26.